The van der Waals surface area contributed by atoms with Crippen molar-refractivity contribution in [2.75, 3.05) is 6.61 Å². The van der Waals surface area contributed by atoms with Gasteiger partial charge in [-0.1, -0.05) is 27.7 Å². The number of nitrogens with one attached hydrogen (secondary N) is 1. The molecular formula is C16H27NO2. The largest absolute Gasteiger partial charge is 0.465 e. The van der Waals surface area contributed by atoms with Crippen molar-refractivity contribution in [1.29, 1.82) is 0 Å². The summed E-state index contributed by atoms with van der Waals surface area (Å²) in [7, 11) is 0. The zero-order valence-electron chi connectivity index (χ0n) is 12.8. The van der Waals surface area contributed by atoms with Crippen LogP contribution in [0.5, 0.6) is 0 Å². The highest BCUT2D eigenvalue weighted by molar-refractivity contribution is 5.07. The van der Waals surface area contributed by atoms with Gasteiger partial charge in [-0.25, -0.2) is 0 Å². The third-order valence-corrected chi connectivity index (χ3v) is 4.13. The molecule has 0 aromatic carbocycles. The lowest BCUT2D eigenvalue weighted by Crippen LogP contribution is -2.60. The van der Waals surface area contributed by atoms with Gasteiger partial charge in [0.25, 0.3) is 0 Å². The Balaban J connectivity index is 1.77. The number of furan rings is 1. The minimum atomic E-state index is 0.205. The molecule has 2 unspecified atom stereocenters. The van der Waals surface area contributed by atoms with Gasteiger partial charge in [-0.2, -0.15) is 0 Å². The molecule has 1 N–H and O–H groups in total. The van der Waals surface area contributed by atoms with Crippen LogP contribution in [0.25, 0.3) is 0 Å². The monoisotopic (exact) mass is 265 g/mol. The van der Waals surface area contributed by atoms with Crippen molar-refractivity contribution in [3.8, 4) is 0 Å². The van der Waals surface area contributed by atoms with Gasteiger partial charge in [0.05, 0.1) is 12.6 Å². The fourth-order valence-corrected chi connectivity index (χ4v) is 2.63. The quantitative estimate of drug-likeness (QED) is 0.854. The Morgan fingerprint density at radius 3 is 2.68 bits per heavy atom. The van der Waals surface area contributed by atoms with E-state index in [1.54, 1.807) is 0 Å². The maximum Gasteiger partial charge on any atom is 0.117 e. The van der Waals surface area contributed by atoms with Gasteiger partial charge in [0.1, 0.15) is 11.5 Å². The molecule has 1 aliphatic carbocycles. The predicted octanol–water partition coefficient (Wildman–Crippen LogP) is 3.52. The number of hydrogen-bond donors (Lipinski definition) is 1. The average Bonchev–Trinajstić information content (AvgIpc) is 2.72. The lowest BCUT2D eigenvalue weighted by molar-refractivity contribution is -0.124. The Morgan fingerprint density at radius 1 is 1.42 bits per heavy atom. The van der Waals surface area contributed by atoms with E-state index in [2.05, 4.69) is 33.0 Å². The molecule has 3 nitrogen and oxygen atoms in total. The molecule has 1 saturated carbocycles. The second-order valence-electron chi connectivity index (χ2n) is 6.72. The zero-order valence-corrected chi connectivity index (χ0v) is 12.8. The normalized spacial score (nSPS) is 25.6. The predicted molar refractivity (Wildman–Crippen MR) is 77.0 cm³/mol. The van der Waals surface area contributed by atoms with Crippen LogP contribution in [0.4, 0.5) is 0 Å². The van der Waals surface area contributed by atoms with Crippen LogP contribution in [0, 0.1) is 18.3 Å². The van der Waals surface area contributed by atoms with E-state index in [9.17, 15) is 0 Å². The van der Waals surface area contributed by atoms with Crippen LogP contribution in [0.2, 0.25) is 0 Å². The van der Waals surface area contributed by atoms with Crippen LogP contribution >= 0.6 is 0 Å². The summed E-state index contributed by atoms with van der Waals surface area (Å²) in [5, 5.41) is 3.58. The van der Waals surface area contributed by atoms with Crippen molar-refractivity contribution < 1.29 is 9.15 Å². The fourth-order valence-electron chi connectivity index (χ4n) is 2.63. The maximum atomic E-state index is 5.98. The highest BCUT2D eigenvalue weighted by atomic mass is 16.5. The molecule has 0 saturated heterocycles. The summed E-state index contributed by atoms with van der Waals surface area (Å²) in [4.78, 5) is 0. The highest BCUT2D eigenvalue weighted by Crippen LogP contribution is 2.43. The molecule has 1 aromatic heterocycles. The van der Waals surface area contributed by atoms with Crippen molar-refractivity contribution >= 4 is 0 Å². The van der Waals surface area contributed by atoms with Crippen molar-refractivity contribution in [2.45, 2.75) is 59.7 Å². The molecule has 19 heavy (non-hydrogen) atoms. The van der Waals surface area contributed by atoms with Gasteiger partial charge in [0.15, 0.2) is 0 Å². The van der Waals surface area contributed by atoms with Gasteiger partial charge in [-0.15, -0.1) is 0 Å². The van der Waals surface area contributed by atoms with Crippen LogP contribution in [0.15, 0.2) is 16.5 Å². The van der Waals surface area contributed by atoms with Gasteiger partial charge in [-0.3, -0.25) is 0 Å². The van der Waals surface area contributed by atoms with E-state index >= 15 is 0 Å². The van der Waals surface area contributed by atoms with Gasteiger partial charge in [0, 0.05) is 18.1 Å². The minimum absolute atomic E-state index is 0.205. The molecule has 0 aliphatic heterocycles. The van der Waals surface area contributed by atoms with E-state index in [0.29, 0.717) is 18.1 Å². The number of ether oxygens (including phenoxy) is 1. The van der Waals surface area contributed by atoms with Gasteiger partial charge in [-0.05, 0) is 31.4 Å². The SMILES string of the molecule is Cc1ccc(CNC2CC(OCC(C)C)C2(C)C)o1. The first kappa shape index (κ1) is 14.6. The zero-order chi connectivity index (χ0) is 14.0. The van der Waals surface area contributed by atoms with E-state index in [1.165, 1.54) is 0 Å². The van der Waals surface area contributed by atoms with Crippen LogP contribution in [0.1, 0.15) is 45.6 Å². The Labute approximate surface area is 116 Å². The van der Waals surface area contributed by atoms with Crippen LogP contribution < -0.4 is 5.32 Å². The highest BCUT2D eigenvalue weighted by Gasteiger charge is 2.48. The Kier molecular flexibility index (Phi) is 4.36. The Hall–Kier alpha value is -0.800. The number of hydrogen-bond acceptors (Lipinski definition) is 3. The minimum Gasteiger partial charge on any atom is -0.465 e. The summed E-state index contributed by atoms with van der Waals surface area (Å²) in [6.45, 7) is 12.6. The second-order valence-corrected chi connectivity index (χ2v) is 6.72. The number of aryl methyl sites for hydroxylation is 1. The van der Waals surface area contributed by atoms with Gasteiger partial charge in [0.2, 0.25) is 0 Å². The van der Waals surface area contributed by atoms with Crippen LogP contribution in [0.3, 0.4) is 0 Å². The summed E-state index contributed by atoms with van der Waals surface area (Å²) in [6.07, 6.45) is 1.48. The molecule has 2 rings (SSSR count). The summed E-state index contributed by atoms with van der Waals surface area (Å²) in [5.41, 5.74) is 0.205. The van der Waals surface area contributed by atoms with Gasteiger partial charge >= 0.3 is 0 Å². The molecule has 1 fully saturated rings. The smallest absolute Gasteiger partial charge is 0.117 e. The first-order chi connectivity index (χ1) is 8.89. The first-order valence-corrected chi connectivity index (χ1v) is 7.30. The van der Waals surface area contributed by atoms with Crippen LogP contribution in [-0.4, -0.2) is 18.8 Å². The average molecular weight is 265 g/mol. The molecule has 1 aliphatic rings. The van der Waals surface area contributed by atoms with E-state index in [-0.39, 0.29) is 5.41 Å². The van der Waals surface area contributed by atoms with Crippen molar-refractivity contribution in [3.05, 3.63) is 23.7 Å². The first-order valence-electron chi connectivity index (χ1n) is 7.30. The topological polar surface area (TPSA) is 34.4 Å². The molecule has 3 heteroatoms. The number of rotatable bonds is 6. The van der Waals surface area contributed by atoms with Crippen molar-refractivity contribution in [1.82, 2.24) is 5.32 Å². The summed E-state index contributed by atoms with van der Waals surface area (Å²) in [6, 6.07) is 4.56. The molecule has 0 spiro atoms. The van der Waals surface area contributed by atoms with E-state index in [1.807, 2.05) is 19.1 Å². The Morgan fingerprint density at radius 2 is 2.16 bits per heavy atom. The van der Waals surface area contributed by atoms with E-state index in [4.69, 9.17) is 9.15 Å². The van der Waals surface area contributed by atoms with Crippen molar-refractivity contribution in [2.24, 2.45) is 11.3 Å². The molecule has 2 atom stereocenters. The molecule has 1 aromatic rings. The standard InChI is InChI=1S/C16H27NO2/c1-11(2)10-18-15-8-14(16(15,4)5)17-9-13-7-6-12(3)19-13/h6-7,11,14-15,17H,8-10H2,1-5H3. The lowest BCUT2D eigenvalue weighted by Gasteiger charge is -2.52. The van der Waals surface area contributed by atoms with E-state index in [0.717, 1.165) is 31.1 Å². The third kappa shape index (κ3) is 3.40. The fraction of sp³-hybridized carbons (Fsp3) is 0.750. The molecule has 0 amide bonds. The molecule has 0 bridgehead atoms. The third-order valence-electron chi connectivity index (χ3n) is 4.13. The van der Waals surface area contributed by atoms with Crippen molar-refractivity contribution in [3.63, 3.8) is 0 Å². The van der Waals surface area contributed by atoms with E-state index < -0.39 is 0 Å². The lowest BCUT2D eigenvalue weighted by atomic mass is 9.64. The molecular weight excluding hydrogens is 238 g/mol. The molecule has 0 radical (unpaired) electrons. The summed E-state index contributed by atoms with van der Waals surface area (Å²) < 4.78 is 11.6. The summed E-state index contributed by atoms with van der Waals surface area (Å²) >= 11 is 0. The van der Waals surface area contributed by atoms with Crippen LogP contribution in [-0.2, 0) is 11.3 Å². The maximum absolute atomic E-state index is 5.98. The molecule has 108 valence electrons. The van der Waals surface area contributed by atoms with Gasteiger partial charge < -0.3 is 14.5 Å². The second kappa shape index (κ2) is 5.68. The summed E-state index contributed by atoms with van der Waals surface area (Å²) in [5.74, 6) is 2.59. The molecule has 1 heterocycles. The Bertz CT molecular complexity index is 409.